The lowest BCUT2D eigenvalue weighted by Gasteiger charge is -2.35. The number of nitrogen functional groups attached to an aromatic ring is 1. The second-order valence-electron chi connectivity index (χ2n) is 4.43. The normalized spacial score (nSPS) is 22.1. The number of methoxy groups -OCH3 is 2. The third kappa shape index (κ3) is 2.41. The van der Waals surface area contributed by atoms with E-state index in [1.807, 2.05) is 0 Å². The number of carbonyl (C=O) groups is 1. The lowest BCUT2D eigenvalue weighted by molar-refractivity contribution is 0.0328. The molecule has 98 valence electrons. The maximum Gasteiger partial charge on any atom is 0.340 e. The van der Waals surface area contributed by atoms with Gasteiger partial charge in [0.05, 0.1) is 30.2 Å². The Morgan fingerprint density at radius 1 is 1.39 bits per heavy atom. The summed E-state index contributed by atoms with van der Waals surface area (Å²) in [5.74, 6) is -0.382. The van der Waals surface area contributed by atoms with Crippen LogP contribution in [0.1, 0.15) is 23.2 Å². The molecular weight excluding hydrogens is 232 g/mol. The summed E-state index contributed by atoms with van der Waals surface area (Å²) in [6.45, 7) is 0. The fourth-order valence-corrected chi connectivity index (χ4v) is 2.09. The molecule has 1 aromatic rings. The van der Waals surface area contributed by atoms with Crippen molar-refractivity contribution in [1.82, 2.24) is 0 Å². The number of para-hydroxylation sites is 1. The van der Waals surface area contributed by atoms with Gasteiger partial charge in [-0.2, -0.15) is 0 Å². The Morgan fingerprint density at radius 3 is 2.72 bits per heavy atom. The summed E-state index contributed by atoms with van der Waals surface area (Å²) < 4.78 is 9.97. The highest BCUT2D eigenvalue weighted by atomic mass is 16.5. The second kappa shape index (κ2) is 5.27. The fourth-order valence-electron chi connectivity index (χ4n) is 2.09. The van der Waals surface area contributed by atoms with Crippen LogP contribution in [0.3, 0.4) is 0 Å². The van der Waals surface area contributed by atoms with E-state index < -0.39 is 0 Å². The van der Waals surface area contributed by atoms with Gasteiger partial charge in [-0.1, -0.05) is 6.07 Å². The highest BCUT2D eigenvalue weighted by molar-refractivity contribution is 5.98. The molecule has 2 rings (SSSR count). The van der Waals surface area contributed by atoms with Gasteiger partial charge in [-0.25, -0.2) is 4.79 Å². The van der Waals surface area contributed by atoms with Crippen LogP contribution in [-0.4, -0.2) is 32.3 Å². The number of hydrogen-bond donors (Lipinski definition) is 2. The van der Waals surface area contributed by atoms with E-state index >= 15 is 0 Å². The summed E-state index contributed by atoms with van der Waals surface area (Å²) in [4.78, 5) is 11.7. The molecule has 0 aliphatic heterocycles. The molecular formula is C13H18N2O3. The van der Waals surface area contributed by atoms with Crippen LogP contribution in [0, 0.1) is 0 Å². The minimum atomic E-state index is -0.382. The SMILES string of the molecule is COC(=O)c1cccc(N)c1NC1CC(OC)C1. The van der Waals surface area contributed by atoms with Crippen LogP contribution in [0.2, 0.25) is 0 Å². The van der Waals surface area contributed by atoms with E-state index in [9.17, 15) is 4.79 Å². The number of nitrogens with one attached hydrogen (secondary N) is 1. The van der Waals surface area contributed by atoms with Gasteiger partial charge in [-0.15, -0.1) is 0 Å². The first kappa shape index (κ1) is 12.7. The van der Waals surface area contributed by atoms with Gasteiger partial charge < -0.3 is 20.5 Å². The van der Waals surface area contributed by atoms with Crippen LogP contribution in [0.15, 0.2) is 18.2 Å². The fraction of sp³-hybridized carbons (Fsp3) is 0.462. The van der Waals surface area contributed by atoms with Gasteiger partial charge in [0.2, 0.25) is 0 Å². The van der Waals surface area contributed by atoms with E-state index in [-0.39, 0.29) is 5.97 Å². The van der Waals surface area contributed by atoms with E-state index in [2.05, 4.69) is 5.32 Å². The number of nitrogens with two attached hydrogens (primary N) is 1. The molecule has 1 fully saturated rings. The monoisotopic (exact) mass is 250 g/mol. The number of carbonyl (C=O) groups excluding carboxylic acids is 1. The molecule has 0 atom stereocenters. The van der Waals surface area contributed by atoms with Gasteiger partial charge >= 0.3 is 5.97 Å². The van der Waals surface area contributed by atoms with Gasteiger partial charge in [-0.05, 0) is 25.0 Å². The standard InChI is InChI=1S/C13H18N2O3/c1-17-9-6-8(7-9)15-12-10(13(16)18-2)4-3-5-11(12)14/h3-5,8-9,15H,6-7,14H2,1-2H3. The predicted octanol–water partition coefficient (Wildman–Crippen LogP) is 1.64. The van der Waals surface area contributed by atoms with Gasteiger partial charge in [0.15, 0.2) is 0 Å². The maximum absolute atomic E-state index is 11.7. The third-order valence-electron chi connectivity index (χ3n) is 3.28. The van der Waals surface area contributed by atoms with Crippen LogP contribution in [0.25, 0.3) is 0 Å². The van der Waals surface area contributed by atoms with Crippen LogP contribution < -0.4 is 11.1 Å². The first-order valence-electron chi connectivity index (χ1n) is 5.91. The molecule has 0 spiro atoms. The van der Waals surface area contributed by atoms with Gasteiger partial charge in [0.1, 0.15) is 0 Å². The Labute approximate surface area is 106 Å². The quantitative estimate of drug-likeness (QED) is 0.628. The number of rotatable bonds is 4. The smallest absolute Gasteiger partial charge is 0.340 e. The molecule has 0 bridgehead atoms. The molecule has 3 N–H and O–H groups in total. The number of ether oxygens (including phenoxy) is 2. The van der Waals surface area contributed by atoms with Crippen LogP contribution >= 0.6 is 0 Å². The van der Waals surface area contributed by atoms with Crippen molar-refractivity contribution in [2.75, 3.05) is 25.3 Å². The van der Waals surface area contributed by atoms with Crippen molar-refractivity contribution in [3.63, 3.8) is 0 Å². The highest BCUT2D eigenvalue weighted by Crippen LogP contribution is 2.31. The molecule has 5 nitrogen and oxygen atoms in total. The van der Waals surface area contributed by atoms with E-state index in [0.717, 1.165) is 12.8 Å². The molecule has 0 amide bonds. The molecule has 5 heteroatoms. The number of hydrogen-bond acceptors (Lipinski definition) is 5. The summed E-state index contributed by atoms with van der Waals surface area (Å²) in [6, 6.07) is 5.51. The lowest BCUT2D eigenvalue weighted by atomic mass is 9.88. The number of benzene rings is 1. The van der Waals surface area contributed by atoms with Crippen molar-refractivity contribution >= 4 is 17.3 Å². The zero-order valence-corrected chi connectivity index (χ0v) is 10.6. The minimum Gasteiger partial charge on any atom is -0.465 e. The van der Waals surface area contributed by atoms with E-state index in [0.29, 0.717) is 29.1 Å². The molecule has 0 saturated heterocycles. The molecule has 1 saturated carbocycles. The maximum atomic E-state index is 11.7. The third-order valence-corrected chi connectivity index (χ3v) is 3.28. The van der Waals surface area contributed by atoms with Crippen molar-refractivity contribution in [2.45, 2.75) is 25.0 Å². The molecule has 0 heterocycles. The van der Waals surface area contributed by atoms with Crippen molar-refractivity contribution in [3.05, 3.63) is 23.8 Å². The molecule has 1 aromatic carbocycles. The zero-order valence-electron chi connectivity index (χ0n) is 10.6. The Kier molecular flexibility index (Phi) is 3.72. The Bertz CT molecular complexity index is 442. The second-order valence-corrected chi connectivity index (χ2v) is 4.43. The van der Waals surface area contributed by atoms with Crippen LogP contribution in [0.5, 0.6) is 0 Å². The van der Waals surface area contributed by atoms with Gasteiger partial charge in [0.25, 0.3) is 0 Å². The van der Waals surface area contributed by atoms with E-state index in [1.165, 1.54) is 7.11 Å². The molecule has 0 aromatic heterocycles. The molecule has 18 heavy (non-hydrogen) atoms. The van der Waals surface area contributed by atoms with E-state index in [1.54, 1.807) is 25.3 Å². The zero-order chi connectivity index (χ0) is 13.1. The molecule has 1 aliphatic carbocycles. The summed E-state index contributed by atoms with van der Waals surface area (Å²) in [5, 5.41) is 3.29. The highest BCUT2D eigenvalue weighted by Gasteiger charge is 2.30. The Hall–Kier alpha value is -1.75. The largest absolute Gasteiger partial charge is 0.465 e. The lowest BCUT2D eigenvalue weighted by Crippen LogP contribution is -2.40. The van der Waals surface area contributed by atoms with Crippen LogP contribution in [0.4, 0.5) is 11.4 Å². The number of anilines is 2. The average Bonchev–Trinajstić information content (AvgIpc) is 2.33. The van der Waals surface area contributed by atoms with Crippen molar-refractivity contribution in [2.24, 2.45) is 0 Å². The number of esters is 1. The Morgan fingerprint density at radius 2 is 2.11 bits per heavy atom. The molecule has 0 radical (unpaired) electrons. The summed E-state index contributed by atoms with van der Waals surface area (Å²) in [5.41, 5.74) is 7.59. The van der Waals surface area contributed by atoms with E-state index in [4.69, 9.17) is 15.2 Å². The van der Waals surface area contributed by atoms with Crippen molar-refractivity contribution < 1.29 is 14.3 Å². The first-order chi connectivity index (χ1) is 8.65. The van der Waals surface area contributed by atoms with Crippen molar-refractivity contribution in [1.29, 1.82) is 0 Å². The summed E-state index contributed by atoms with van der Waals surface area (Å²) in [6.07, 6.45) is 2.14. The minimum absolute atomic E-state index is 0.294. The first-order valence-corrected chi connectivity index (χ1v) is 5.91. The average molecular weight is 250 g/mol. The topological polar surface area (TPSA) is 73.6 Å². The predicted molar refractivity (Wildman–Crippen MR) is 69.6 cm³/mol. The van der Waals surface area contributed by atoms with Gasteiger partial charge in [-0.3, -0.25) is 0 Å². The molecule has 1 aliphatic rings. The molecule has 0 unspecified atom stereocenters. The summed E-state index contributed by atoms with van der Waals surface area (Å²) >= 11 is 0. The summed E-state index contributed by atoms with van der Waals surface area (Å²) in [7, 11) is 3.07. The van der Waals surface area contributed by atoms with Crippen molar-refractivity contribution in [3.8, 4) is 0 Å². The van der Waals surface area contributed by atoms with Gasteiger partial charge in [0, 0.05) is 13.2 Å². The Balaban J connectivity index is 2.14. The van der Waals surface area contributed by atoms with Crippen LogP contribution in [-0.2, 0) is 9.47 Å².